The zero-order chi connectivity index (χ0) is 14.5. The summed E-state index contributed by atoms with van der Waals surface area (Å²) in [5.74, 6) is -0.992. The Balaban J connectivity index is 2.41. The number of aromatic nitrogens is 2. The van der Waals surface area contributed by atoms with Crippen molar-refractivity contribution in [3.05, 3.63) is 47.8 Å². The Morgan fingerprint density at radius 1 is 1.00 bits per heavy atom. The molecule has 0 amide bonds. The predicted molar refractivity (Wildman–Crippen MR) is 70.1 cm³/mol. The SMILES string of the molecule is COC(=O)c1ccnc(-c2cccc(C(=O)OC)n2)c1. The Hall–Kier alpha value is -2.76. The number of carbonyl (C=O) groups is 2. The maximum Gasteiger partial charge on any atom is 0.356 e. The van der Waals surface area contributed by atoms with Crippen LogP contribution in [0.15, 0.2) is 36.5 Å². The molecular weight excluding hydrogens is 260 g/mol. The minimum absolute atomic E-state index is 0.176. The highest BCUT2D eigenvalue weighted by molar-refractivity contribution is 5.90. The third-order valence-corrected chi connectivity index (χ3v) is 2.59. The lowest BCUT2D eigenvalue weighted by molar-refractivity contribution is 0.0587. The molecule has 0 bridgehead atoms. The van der Waals surface area contributed by atoms with Crippen molar-refractivity contribution < 1.29 is 19.1 Å². The fourth-order valence-corrected chi connectivity index (χ4v) is 1.61. The van der Waals surface area contributed by atoms with Crippen molar-refractivity contribution in [3.8, 4) is 11.4 Å². The van der Waals surface area contributed by atoms with Crippen LogP contribution in [0.1, 0.15) is 20.8 Å². The van der Waals surface area contributed by atoms with Gasteiger partial charge in [-0.1, -0.05) is 6.07 Å². The molecule has 20 heavy (non-hydrogen) atoms. The highest BCUT2D eigenvalue weighted by atomic mass is 16.5. The zero-order valence-electron chi connectivity index (χ0n) is 11.0. The second-order valence-electron chi connectivity index (χ2n) is 3.82. The molecule has 6 nitrogen and oxygen atoms in total. The second kappa shape index (κ2) is 5.92. The van der Waals surface area contributed by atoms with Crippen LogP contribution in [0.3, 0.4) is 0 Å². The third-order valence-electron chi connectivity index (χ3n) is 2.59. The molecule has 0 aliphatic rings. The molecule has 102 valence electrons. The van der Waals surface area contributed by atoms with E-state index in [4.69, 9.17) is 0 Å². The summed E-state index contributed by atoms with van der Waals surface area (Å²) < 4.78 is 9.26. The standard InChI is InChI=1S/C14H12N2O4/c1-19-13(17)9-6-7-15-12(8-9)10-4-3-5-11(16-10)14(18)20-2/h3-8H,1-2H3. The van der Waals surface area contributed by atoms with E-state index < -0.39 is 11.9 Å². The van der Waals surface area contributed by atoms with Crippen LogP contribution in [0.25, 0.3) is 11.4 Å². The molecule has 2 aromatic heterocycles. The number of nitrogens with zero attached hydrogens (tertiary/aromatic N) is 2. The molecule has 0 radical (unpaired) electrons. The van der Waals surface area contributed by atoms with E-state index in [1.54, 1.807) is 30.3 Å². The zero-order valence-corrected chi connectivity index (χ0v) is 11.0. The van der Waals surface area contributed by atoms with Gasteiger partial charge in [0.15, 0.2) is 0 Å². The van der Waals surface area contributed by atoms with Gasteiger partial charge in [-0.25, -0.2) is 14.6 Å². The van der Waals surface area contributed by atoms with Gasteiger partial charge in [0.1, 0.15) is 5.69 Å². The van der Waals surface area contributed by atoms with E-state index in [1.807, 2.05) is 0 Å². The van der Waals surface area contributed by atoms with Gasteiger partial charge in [0, 0.05) is 6.20 Å². The average molecular weight is 272 g/mol. The van der Waals surface area contributed by atoms with Gasteiger partial charge < -0.3 is 9.47 Å². The van der Waals surface area contributed by atoms with Crippen LogP contribution in [-0.4, -0.2) is 36.1 Å². The van der Waals surface area contributed by atoms with Crippen molar-refractivity contribution in [2.45, 2.75) is 0 Å². The van der Waals surface area contributed by atoms with E-state index in [-0.39, 0.29) is 5.69 Å². The smallest absolute Gasteiger partial charge is 0.356 e. The van der Waals surface area contributed by atoms with Crippen LogP contribution in [0.5, 0.6) is 0 Å². The molecule has 0 aliphatic carbocycles. The van der Waals surface area contributed by atoms with E-state index in [2.05, 4.69) is 19.4 Å². The number of pyridine rings is 2. The lowest BCUT2D eigenvalue weighted by Gasteiger charge is -2.04. The summed E-state index contributed by atoms with van der Waals surface area (Å²) in [6.07, 6.45) is 1.48. The molecule has 0 fully saturated rings. The van der Waals surface area contributed by atoms with E-state index in [1.165, 1.54) is 20.4 Å². The first-order valence-corrected chi connectivity index (χ1v) is 5.76. The van der Waals surface area contributed by atoms with E-state index in [9.17, 15) is 9.59 Å². The molecule has 2 heterocycles. The molecule has 0 atom stereocenters. The Morgan fingerprint density at radius 2 is 1.75 bits per heavy atom. The van der Waals surface area contributed by atoms with Gasteiger partial charge in [0.05, 0.1) is 31.2 Å². The van der Waals surface area contributed by atoms with Crippen molar-refractivity contribution in [1.82, 2.24) is 9.97 Å². The van der Waals surface area contributed by atoms with Crippen molar-refractivity contribution in [3.63, 3.8) is 0 Å². The van der Waals surface area contributed by atoms with E-state index in [0.29, 0.717) is 17.0 Å². The van der Waals surface area contributed by atoms with Crippen LogP contribution in [0, 0.1) is 0 Å². The van der Waals surface area contributed by atoms with Crippen molar-refractivity contribution in [2.75, 3.05) is 14.2 Å². The number of rotatable bonds is 3. The minimum Gasteiger partial charge on any atom is -0.465 e. The maximum absolute atomic E-state index is 11.5. The van der Waals surface area contributed by atoms with Crippen LogP contribution in [0.2, 0.25) is 0 Å². The lowest BCUT2D eigenvalue weighted by atomic mass is 10.1. The second-order valence-corrected chi connectivity index (χ2v) is 3.82. The summed E-state index contributed by atoms with van der Waals surface area (Å²) in [7, 11) is 2.59. The summed E-state index contributed by atoms with van der Waals surface area (Å²) in [5.41, 5.74) is 1.48. The van der Waals surface area contributed by atoms with Crippen molar-refractivity contribution in [2.24, 2.45) is 0 Å². The Morgan fingerprint density at radius 3 is 2.45 bits per heavy atom. The first kappa shape index (κ1) is 13.7. The van der Waals surface area contributed by atoms with Crippen molar-refractivity contribution >= 4 is 11.9 Å². The van der Waals surface area contributed by atoms with E-state index in [0.717, 1.165) is 0 Å². The van der Waals surface area contributed by atoms with Gasteiger partial charge in [-0.2, -0.15) is 0 Å². The Kier molecular flexibility index (Phi) is 4.05. The molecule has 0 unspecified atom stereocenters. The molecule has 0 aliphatic heterocycles. The summed E-state index contributed by atoms with van der Waals surface area (Å²) in [5, 5.41) is 0. The van der Waals surface area contributed by atoms with Crippen molar-refractivity contribution in [1.29, 1.82) is 0 Å². The van der Waals surface area contributed by atoms with Gasteiger partial charge in [0.2, 0.25) is 0 Å². The molecule has 0 spiro atoms. The monoisotopic (exact) mass is 272 g/mol. The molecule has 6 heteroatoms. The highest BCUT2D eigenvalue weighted by Gasteiger charge is 2.11. The molecule has 0 N–H and O–H groups in total. The van der Waals surface area contributed by atoms with Crippen LogP contribution in [-0.2, 0) is 9.47 Å². The largest absolute Gasteiger partial charge is 0.465 e. The summed E-state index contributed by atoms with van der Waals surface area (Å²) in [4.78, 5) is 31.2. The number of methoxy groups -OCH3 is 2. The van der Waals surface area contributed by atoms with Gasteiger partial charge in [0.25, 0.3) is 0 Å². The molecule has 0 saturated carbocycles. The molecule has 2 aromatic rings. The average Bonchev–Trinajstić information content (AvgIpc) is 2.53. The molecule has 0 saturated heterocycles. The minimum atomic E-state index is -0.532. The van der Waals surface area contributed by atoms with Crippen LogP contribution < -0.4 is 0 Å². The first-order chi connectivity index (χ1) is 9.65. The Labute approximate surface area is 115 Å². The third kappa shape index (κ3) is 2.80. The molecule has 0 aromatic carbocycles. The molecule has 2 rings (SSSR count). The van der Waals surface area contributed by atoms with Crippen LogP contribution in [0.4, 0.5) is 0 Å². The number of esters is 2. The first-order valence-electron chi connectivity index (χ1n) is 5.76. The fourth-order valence-electron chi connectivity index (χ4n) is 1.61. The highest BCUT2D eigenvalue weighted by Crippen LogP contribution is 2.16. The van der Waals surface area contributed by atoms with E-state index >= 15 is 0 Å². The summed E-state index contributed by atoms with van der Waals surface area (Å²) in [6.45, 7) is 0. The maximum atomic E-state index is 11.5. The van der Waals surface area contributed by atoms with Gasteiger partial charge >= 0.3 is 11.9 Å². The number of ether oxygens (including phenoxy) is 2. The summed E-state index contributed by atoms with van der Waals surface area (Å²) >= 11 is 0. The van der Waals surface area contributed by atoms with Gasteiger partial charge in [-0.15, -0.1) is 0 Å². The van der Waals surface area contributed by atoms with Gasteiger partial charge in [-0.3, -0.25) is 4.98 Å². The lowest BCUT2D eigenvalue weighted by Crippen LogP contribution is -2.05. The topological polar surface area (TPSA) is 78.4 Å². The Bertz CT molecular complexity index is 598. The van der Waals surface area contributed by atoms with Crippen LogP contribution >= 0.6 is 0 Å². The van der Waals surface area contributed by atoms with Gasteiger partial charge in [-0.05, 0) is 24.3 Å². The predicted octanol–water partition coefficient (Wildman–Crippen LogP) is 1.72. The normalized spacial score (nSPS) is 9.90. The number of hydrogen-bond donors (Lipinski definition) is 0. The quantitative estimate of drug-likeness (QED) is 0.791. The number of hydrogen-bond acceptors (Lipinski definition) is 6. The molecular formula is C14H12N2O4. The fraction of sp³-hybridized carbons (Fsp3) is 0.143. The summed E-state index contributed by atoms with van der Waals surface area (Å²) in [6, 6.07) is 7.99. The number of carbonyl (C=O) groups excluding carboxylic acids is 2.